The first-order valence-corrected chi connectivity index (χ1v) is 11.6. The molecule has 1 N–H and O–H groups in total. The van der Waals surface area contributed by atoms with Crippen LogP contribution in [0.25, 0.3) is 11.0 Å². The summed E-state index contributed by atoms with van der Waals surface area (Å²) in [4.78, 5) is 29.2. The van der Waals surface area contributed by atoms with Crippen LogP contribution < -0.4 is 4.90 Å². The SMILES string of the molecule is Cc1cccc(N2C(=O)C(O)=C(C(=O)c3cc4cc(Br)ccc4o3)C2c2cccs2)c1C. The van der Waals surface area contributed by atoms with E-state index in [4.69, 9.17) is 4.42 Å². The third kappa shape index (κ3) is 3.20. The summed E-state index contributed by atoms with van der Waals surface area (Å²) in [5.41, 5.74) is 3.17. The lowest BCUT2D eigenvalue weighted by Gasteiger charge is -2.27. The molecule has 1 aliphatic rings. The lowest BCUT2D eigenvalue weighted by molar-refractivity contribution is -0.117. The van der Waals surface area contributed by atoms with E-state index in [2.05, 4.69) is 15.9 Å². The van der Waals surface area contributed by atoms with Gasteiger partial charge in [-0.1, -0.05) is 34.1 Å². The Hall–Kier alpha value is -3.16. The molecule has 5 rings (SSSR count). The summed E-state index contributed by atoms with van der Waals surface area (Å²) in [5.74, 6) is -1.57. The maximum Gasteiger partial charge on any atom is 0.294 e. The Balaban J connectivity index is 1.66. The van der Waals surface area contributed by atoms with Crippen LogP contribution in [0.1, 0.15) is 32.6 Å². The number of rotatable bonds is 4. The van der Waals surface area contributed by atoms with Gasteiger partial charge in [0, 0.05) is 20.4 Å². The van der Waals surface area contributed by atoms with Gasteiger partial charge in [-0.05, 0) is 66.8 Å². The van der Waals surface area contributed by atoms with Crippen molar-refractivity contribution in [1.82, 2.24) is 0 Å². The fourth-order valence-corrected chi connectivity index (χ4v) is 5.26. The molecule has 1 atom stereocenters. The molecule has 2 aromatic carbocycles. The van der Waals surface area contributed by atoms with Gasteiger partial charge in [0.1, 0.15) is 11.6 Å². The van der Waals surface area contributed by atoms with Crippen LogP contribution >= 0.6 is 27.3 Å². The summed E-state index contributed by atoms with van der Waals surface area (Å²) < 4.78 is 6.65. The summed E-state index contributed by atoms with van der Waals surface area (Å²) in [6, 6.07) is 15.7. The number of amides is 1. The van der Waals surface area contributed by atoms with E-state index in [1.807, 2.05) is 61.7 Å². The zero-order valence-electron chi connectivity index (χ0n) is 17.3. The largest absolute Gasteiger partial charge is 0.503 e. The number of carbonyl (C=O) groups excluding carboxylic acids is 2. The number of Topliss-reactive ketones (excluding diaryl/α,β-unsaturated/α-hetero) is 1. The highest BCUT2D eigenvalue weighted by atomic mass is 79.9. The summed E-state index contributed by atoms with van der Waals surface area (Å²) in [6.07, 6.45) is 0. The van der Waals surface area contributed by atoms with E-state index in [9.17, 15) is 14.7 Å². The van der Waals surface area contributed by atoms with Crippen molar-refractivity contribution in [2.24, 2.45) is 0 Å². The van der Waals surface area contributed by atoms with Crippen molar-refractivity contribution in [2.45, 2.75) is 19.9 Å². The number of furan rings is 1. The Labute approximate surface area is 196 Å². The van der Waals surface area contributed by atoms with Crippen LogP contribution in [0.3, 0.4) is 0 Å². The quantitative estimate of drug-likeness (QED) is 0.313. The first-order chi connectivity index (χ1) is 15.4. The van der Waals surface area contributed by atoms with E-state index in [1.54, 1.807) is 12.1 Å². The second-order valence-electron chi connectivity index (χ2n) is 7.70. The fraction of sp³-hybridized carbons (Fsp3) is 0.120. The van der Waals surface area contributed by atoms with Gasteiger partial charge in [0.05, 0.1) is 5.57 Å². The Morgan fingerprint density at radius 3 is 2.69 bits per heavy atom. The van der Waals surface area contributed by atoms with Crippen LogP contribution in [0.5, 0.6) is 0 Å². The number of carbonyl (C=O) groups is 2. The van der Waals surface area contributed by atoms with Crippen LogP contribution in [0, 0.1) is 13.8 Å². The minimum absolute atomic E-state index is 0.0245. The Morgan fingerprint density at radius 2 is 1.94 bits per heavy atom. The van der Waals surface area contributed by atoms with Gasteiger partial charge in [0.25, 0.3) is 5.91 Å². The van der Waals surface area contributed by atoms with E-state index in [1.165, 1.54) is 16.2 Å². The third-order valence-corrected chi connectivity index (χ3v) is 7.22. The lowest BCUT2D eigenvalue weighted by atomic mass is 9.99. The predicted octanol–water partition coefficient (Wildman–Crippen LogP) is 6.66. The zero-order valence-corrected chi connectivity index (χ0v) is 19.7. The van der Waals surface area contributed by atoms with E-state index >= 15 is 0 Å². The Kier molecular flexibility index (Phi) is 5.03. The average Bonchev–Trinajstić information content (AvgIpc) is 3.49. The molecule has 0 radical (unpaired) electrons. The van der Waals surface area contributed by atoms with Gasteiger partial charge in [-0.2, -0.15) is 0 Å². The molecule has 0 fully saturated rings. The molecule has 0 spiro atoms. The van der Waals surface area contributed by atoms with Crippen molar-refractivity contribution in [1.29, 1.82) is 0 Å². The minimum Gasteiger partial charge on any atom is -0.503 e. The molecule has 5 nitrogen and oxygen atoms in total. The predicted molar refractivity (Wildman–Crippen MR) is 128 cm³/mol. The number of nitrogens with zero attached hydrogens (tertiary/aromatic N) is 1. The number of ketones is 1. The monoisotopic (exact) mass is 507 g/mol. The minimum atomic E-state index is -0.740. The highest BCUT2D eigenvalue weighted by Crippen LogP contribution is 2.44. The van der Waals surface area contributed by atoms with Crippen LogP contribution in [0.2, 0.25) is 0 Å². The summed E-state index contributed by atoms with van der Waals surface area (Å²) in [6.45, 7) is 3.89. The van der Waals surface area contributed by atoms with Crippen molar-refractivity contribution >= 4 is 55.6 Å². The zero-order chi connectivity index (χ0) is 22.6. The number of benzene rings is 2. The number of hydrogen-bond acceptors (Lipinski definition) is 5. The number of aliphatic hydroxyl groups is 1. The molecule has 2 aromatic heterocycles. The molecular formula is C25H18BrNO4S. The van der Waals surface area contributed by atoms with Crippen LogP contribution in [-0.4, -0.2) is 16.8 Å². The second-order valence-corrected chi connectivity index (χ2v) is 9.59. The molecule has 0 saturated carbocycles. The number of aliphatic hydroxyl groups excluding tert-OH is 1. The first-order valence-electron chi connectivity index (χ1n) is 9.97. The normalized spacial score (nSPS) is 16.4. The number of hydrogen-bond donors (Lipinski definition) is 1. The molecule has 1 unspecified atom stereocenters. The molecule has 1 amide bonds. The maximum absolute atomic E-state index is 13.6. The third-order valence-electron chi connectivity index (χ3n) is 5.80. The fourth-order valence-electron chi connectivity index (χ4n) is 4.06. The number of halogens is 1. The Bertz CT molecular complexity index is 1420. The number of fused-ring (bicyclic) bond motifs is 1. The van der Waals surface area contributed by atoms with Gasteiger partial charge in [-0.3, -0.25) is 14.5 Å². The highest BCUT2D eigenvalue weighted by Gasteiger charge is 2.46. The molecule has 32 heavy (non-hydrogen) atoms. The maximum atomic E-state index is 13.6. The van der Waals surface area contributed by atoms with Crippen molar-refractivity contribution < 1.29 is 19.1 Å². The van der Waals surface area contributed by atoms with Crippen molar-refractivity contribution in [3.8, 4) is 0 Å². The number of anilines is 1. The molecule has 0 saturated heterocycles. The lowest BCUT2D eigenvalue weighted by Crippen LogP contribution is -2.31. The van der Waals surface area contributed by atoms with E-state index < -0.39 is 23.5 Å². The topological polar surface area (TPSA) is 70.8 Å². The van der Waals surface area contributed by atoms with E-state index in [-0.39, 0.29) is 11.3 Å². The highest BCUT2D eigenvalue weighted by molar-refractivity contribution is 9.10. The van der Waals surface area contributed by atoms with Crippen LogP contribution in [0.15, 0.2) is 80.2 Å². The number of aryl methyl sites for hydroxylation is 1. The van der Waals surface area contributed by atoms with E-state index in [0.717, 1.165) is 25.9 Å². The summed E-state index contributed by atoms with van der Waals surface area (Å²) in [5, 5.41) is 13.5. The van der Waals surface area contributed by atoms with Gasteiger partial charge in [-0.15, -0.1) is 11.3 Å². The van der Waals surface area contributed by atoms with Gasteiger partial charge < -0.3 is 9.52 Å². The molecule has 0 bridgehead atoms. The van der Waals surface area contributed by atoms with Crippen LogP contribution in [-0.2, 0) is 4.79 Å². The van der Waals surface area contributed by atoms with Gasteiger partial charge in [0.15, 0.2) is 11.5 Å². The molecule has 0 aliphatic carbocycles. The molecule has 7 heteroatoms. The number of thiophene rings is 1. The standard InChI is InChI=1S/C25H18BrNO4S/c1-13-5-3-6-17(14(13)2)27-22(20-7-4-10-32-20)21(24(29)25(27)30)23(28)19-12-15-11-16(26)8-9-18(15)31-19/h3-12,22,29H,1-2H3. The first kappa shape index (κ1) is 20.7. The van der Waals surface area contributed by atoms with Gasteiger partial charge in [0.2, 0.25) is 5.78 Å². The second kappa shape index (κ2) is 7.76. The molecule has 1 aliphatic heterocycles. The van der Waals surface area contributed by atoms with Crippen molar-refractivity contribution in [3.63, 3.8) is 0 Å². The Morgan fingerprint density at radius 1 is 1.12 bits per heavy atom. The average molecular weight is 508 g/mol. The molecule has 3 heterocycles. The van der Waals surface area contributed by atoms with E-state index in [0.29, 0.717) is 11.3 Å². The molecule has 4 aromatic rings. The van der Waals surface area contributed by atoms with Gasteiger partial charge >= 0.3 is 0 Å². The molecule has 160 valence electrons. The van der Waals surface area contributed by atoms with Crippen molar-refractivity contribution in [3.05, 3.63) is 97.5 Å². The van der Waals surface area contributed by atoms with Gasteiger partial charge in [-0.25, -0.2) is 0 Å². The van der Waals surface area contributed by atoms with Crippen LogP contribution in [0.4, 0.5) is 5.69 Å². The van der Waals surface area contributed by atoms with Crippen molar-refractivity contribution in [2.75, 3.05) is 4.90 Å². The summed E-state index contributed by atoms with van der Waals surface area (Å²) >= 11 is 4.85. The molecular weight excluding hydrogens is 490 g/mol. The smallest absolute Gasteiger partial charge is 0.294 e. The summed E-state index contributed by atoms with van der Waals surface area (Å²) in [7, 11) is 0.